The van der Waals surface area contributed by atoms with Crippen LogP contribution < -0.4 is 5.56 Å². The topological polar surface area (TPSA) is 56.4 Å². The van der Waals surface area contributed by atoms with Crippen LogP contribution in [0.25, 0.3) is 0 Å². The summed E-state index contributed by atoms with van der Waals surface area (Å²) in [5.74, 6) is -0.0754. The molecule has 0 saturated carbocycles. The summed E-state index contributed by atoms with van der Waals surface area (Å²) in [6.45, 7) is 3.62. The van der Waals surface area contributed by atoms with Crippen molar-refractivity contribution in [3.63, 3.8) is 0 Å². The largest absolute Gasteiger partial charge is 0.336 e. The molecule has 130 valence electrons. The van der Waals surface area contributed by atoms with Gasteiger partial charge in [0, 0.05) is 31.4 Å². The van der Waals surface area contributed by atoms with Gasteiger partial charge < -0.3 is 9.88 Å². The van der Waals surface area contributed by atoms with Gasteiger partial charge in [-0.25, -0.2) is 0 Å². The van der Waals surface area contributed by atoms with Gasteiger partial charge in [0.2, 0.25) is 0 Å². The standard InChI is InChI=1S/C19H27N3O2/c23-18-16(12-14-6-2-1-3-8-17(14)20-18)19(24)22-11-10-21-9-5-4-7-15(21)13-22/h12,15H,1-11,13H2,(H,20,23). The zero-order valence-corrected chi connectivity index (χ0v) is 14.4. The van der Waals surface area contributed by atoms with Gasteiger partial charge in [-0.05, 0) is 56.7 Å². The van der Waals surface area contributed by atoms with E-state index in [0.29, 0.717) is 11.6 Å². The van der Waals surface area contributed by atoms with Crippen molar-refractivity contribution in [1.29, 1.82) is 0 Å². The molecule has 1 atom stereocenters. The number of amides is 1. The molecule has 3 aliphatic rings. The predicted octanol–water partition coefficient (Wildman–Crippen LogP) is 1.95. The molecule has 2 aliphatic heterocycles. The molecule has 1 amide bonds. The Bertz CT molecular complexity index is 682. The first-order valence-corrected chi connectivity index (χ1v) is 9.51. The second-order valence-corrected chi connectivity index (χ2v) is 7.51. The minimum absolute atomic E-state index is 0.0754. The maximum Gasteiger partial charge on any atom is 0.261 e. The van der Waals surface area contributed by atoms with Gasteiger partial charge in [0.1, 0.15) is 5.56 Å². The maximum atomic E-state index is 13.0. The molecule has 1 aromatic heterocycles. The fourth-order valence-electron chi connectivity index (χ4n) is 4.52. The molecule has 5 nitrogen and oxygen atoms in total. The summed E-state index contributed by atoms with van der Waals surface area (Å²) >= 11 is 0. The van der Waals surface area contributed by atoms with E-state index in [4.69, 9.17) is 0 Å². The number of nitrogens with zero attached hydrogens (tertiary/aromatic N) is 2. The molecule has 2 saturated heterocycles. The number of fused-ring (bicyclic) bond motifs is 2. The normalized spacial score (nSPS) is 24.8. The van der Waals surface area contributed by atoms with Crippen LogP contribution >= 0.6 is 0 Å². The number of nitrogens with one attached hydrogen (secondary N) is 1. The van der Waals surface area contributed by atoms with Crippen LogP contribution in [0, 0.1) is 0 Å². The van der Waals surface area contributed by atoms with Gasteiger partial charge in [0.15, 0.2) is 0 Å². The Labute approximate surface area is 143 Å². The Morgan fingerprint density at radius 3 is 2.83 bits per heavy atom. The molecular formula is C19H27N3O2. The summed E-state index contributed by atoms with van der Waals surface area (Å²) in [5.41, 5.74) is 2.37. The number of hydrogen-bond acceptors (Lipinski definition) is 3. The van der Waals surface area contributed by atoms with Crippen LogP contribution in [-0.2, 0) is 12.8 Å². The van der Waals surface area contributed by atoms with Crippen LogP contribution in [0.5, 0.6) is 0 Å². The number of piperazine rings is 1. The van der Waals surface area contributed by atoms with Crippen LogP contribution in [0.1, 0.15) is 60.1 Å². The van der Waals surface area contributed by atoms with Gasteiger partial charge >= 0.3 is 0 Å². The molecular weight excluding hydrogens is 302 g/mol. The van der Waals surface area contributed by atoms with Gasteiger partial charge in [-0.3, -0.25) is 14.5 Å². The van der Waals surface area contributed by atoms with E-state index in [1.807, 2.05) is 11.0 Å². The molecule has 1 aromatic rings. The molecule has 1 aliphatic carbocycles. The average molecular weight is 329 g/mol. The zero-order chi connectivity index (χ0) is 16.5. The first-order chi connectivity index (χ1) is 11.7. The third-order valence-corrected chi connectivity index (χ3v) is 5.94. The number of pyridine rings is 1. The smallest absolute Gasteiger partial charge is 0.261 e. The number of carbonyl (C=O) groups excluding carboxylic acids is 1. The SMILES string of the molecule is O=C(c1cc2c([nH]c1=O)CCCCC2)N1CCN2CCCCC2C1. The molecule has 4 rings (SSSR count). The summed E-state index contributed by atoms with van der Waals surface area (Å²) in [7, 11) is 0. The van der Waals surface area contributed by atoms with Gasteiger partial charge in [-0.2, -0.15) is 0 Å². The Kier molecular flexibility index (Phi) is 4.44. The minimum Gasteiger partial charge on any atom is -0.336 e. The zero-order valence-electron chi connectivity index (χ0n) is 14.4. The van der Waals surface area contributed by atoms with E-state index < -0.39 is 0 Å². The van der Waals surface area contributed by atoms with E-state index in [9.17, 15) is 9.59 Å². The van der Waals surface area contributed by atoms with E-state index in [2.05, 4.69) is 9.88 Å². The van der Waals surface area contributed by atoms with Gasteiger partial charge in [0.25, 0.3) is 11.5 Å². The summed E-state index contributed by atoms with van der Waals surface area (Å²) in [5, 5.41) is 0. The number of aryl methyl sites for hydroxylation is 2. The Hall–Kier alpha value is -1.62. The van der Waals surface area contributed by atoms with E-state index >= 15 is 0 Å². The van der Waals surface area contributed by atoms with Crippen LogP contribution in [-0.4, -0.2) is 52.9 Å². The molecule has 0 bridgehead atoms. The third-order valence-electron chi connectivity index (χ3n) is 5.94. The molecule has 1 unspecified atom stereocenters. The summed E-state index contributed by atoms with van der Waals surface area (Å²) in [6, 6.07) is 2.37. The lowest BCUT2D eigenvalue weighted by molar-refractivity contribution is 0.0371. The highest BCUT2D eigenvalue weighted by molar-refractivity contribution is 5.94. The number of hydrogen-bond donors (Lipinski definition) is 1. The lowest BCUT2D eigenvalue weighted by atomic mass is 9.99. The molecule has 0 aromatic carbocycles. The number of carbonyl (C=O) groups is 1. The summed E-state index contributed by atoms with van der Waals surface area (Å²) in [6.07, 6.45) is 9.07. The van der Waals surface area contributed by atoms with Crippen LogP contribution in [0.2, 0.25) is 0 Å². The van der Waals surface area contributed by atoms with E-state index in [0.717, 1.165) is 57.6 Å². The lowest BCUT2D eigenvalue weighted by Gasteiger charge is -2.44. The highest BCUT2D eigenvalue weighted by Gasteiger charge is 2.32. The summed E-state index contributed by atoms with van der Waals surface area (Å²) in [4.78, 5) is 32.8. The number of aromatic amines is 1. The number of H-pyrrole nitrogens is 1. The van der Waals surface area contributed by atoms with E-state index in [1.54, 1.807) is 0 Å². The molecule has 3 heterocycles. The van der Waals surface area contributed by atoms with E-state index in [1.165, 1.54) is 31.2 Å². The highest BCUT2D eigenvalue weighted by atomic mass is 16.2. The fourth-order valence-corrected chi connectivity index (χ4v) is 4.52. The fraction of sp³-hybridized carbons (Fsp3) is 0.684. The Morgan fingerprint density at radius 2 is 1.92 bits per heavy atom. The Balaban J connectivity index is 1.56. The predicted molar refractivity (Wildman–Crippen MR) is 93.4 cm³/mol. The third kappa shape index (κ3) is 3.02. The molecule has 1 N–H and O–H groups in total. The van der Waals surface area contributed by atoms with Crippen LogP contribution in [0.3, 0.4) is 0 Å². The molecule has 24 heavy (non-hydrogen) atoms. The van der Waals surface area contributed by atoms with E-state index in [-0.39, 0.29) is 11.5 Å². The van der Waals surface area contributed by atoms with Gasteiger partial charge in [-0.1, -0.05) is 12.8 Å². The molecule has 0 radical (unpaired) electrons. The molecule has 2 fully saturated rings. The first-order valence-electron chi connectivity index (χ1n) is 9.51. The van der Waals surface area contributed by atoms with Crippen molar-refractivity contribution in [2.24, 2.45) is 0 Å². The quantitative estimate of drug-likeness (QED) is 0.801. The van der Waals surface area contributed by atoms with Crippen LogP contribution in [0.4, 0.5) is 0 Å². The van der Waals surface area contributed by atoms with Crippen molar-refractivity contribution in [2.45, 2.75) is 57.4 Å². The van der Waals surface area contributed by atoms with Crippen molar-refractivity contribution < 1.29 is 4.79 Å². The lowest BCUT2D eigenvalue weighted by Crippen LogP contribution is -2.56. The molecule has 5 heteroatoms. The van der Waals surface area contributed by atoms with Gasteiger partial charge in [0.05, 0.1) is 0 Å². The number of rotatable bonds is 1. The average Bonchev–Trinajstić information content (AvgIpc) is 2.84. The Morgan fingerprint density at radius 1 is 1.04 bits per heavy atom. The van der Waals surface area contributed by atoms with Crippen molar-refractivity contribution in [1.82, 2.24) is 14.8 Å². The molecule has 0 spiro atoms. The first kappa shape index (κ1) is 15.9. The number of aromatic nitrogens is 1. The minimum atomic E-state index is -0.202. The number of piperidine rings is 1. The van der Waals surface area contributed by atoms with Crippen molar-refractivity contribution in [3.8, 4) is 0 Å². The van der Waals surface area contributed by atoms with Crippen molar-refractivity contribution in [2.75, 3.05) is 26.2 Å². The maximum absolute atomic E-state index is 13.0. The van der Waals surface area contributed by atoms with Crippen LogP contribution in [0.15, 0.2) is 10.9 Å². The second-order valence-electron chi connectivity index (χ2n) is 7.51. The van der Waals surface area contributed by atoms with Crippen molar-refractivity contribution in [3.05, 3.63) is 33.2 Å². The van der Waals surface area contributed by atoms with Gasteiger partial charge in [-0.15, -0.1) is 0 Å². The second kappa shape index (κ2) is 6.71. The van der Waals surface area contributed by atoms with Crippen molar-refractivity contribution >= 4 is 5.91 Å². The summed E-state index contributed by atoms with van der Waals surface area (Å²) < 4.78 is 0. The monoisotopic (exact) mass is 329 g/mol. The highest BCUT2D eigenvalue weighted by Crippen LogP contribution is 2.23.